The summed E-state index contributed by atoms with van der Waals surface area (Å²) in [5, 5.41) is 2.96. The predicted molar refractivity (Wildman–Crippen MR) is 122 cm³/mol. The summed E-state index contributed by atoms with van der Waals surface area (Å²) >= 11 is 1.75. The van der Waals surface area contributed by atoms with Crippen LogP contribution in [0.5, 0.6) is 0 Å². The van der Waals surface area contributed by atoms with Crippen LogP contribution in [-0.4, -0.2) is 35.1 Å². The molecule has 1 N–H and O–H groups in total. The fourth-order valence-electron chi connectivity index (χ4n) is 2.97. The van der Waals surface area contributed by atoms with Gasteiger partial charge in [0.1, 0.15) is 6.04 Å². The third-order valence-electron chi connectivity index (χ3n) is 4.76. The Labute approximate surface area is 179 Å². The third kappa shape index (κ3) is 8.32. The van der Waals surface area contributed by atoms with E-state index in [1.807, 2.05) is 55.5 Å². The lowest BCUT2D eigenvalue weighted by molar-refractivity contribution is -0.140. The van der Waals surface area contributed by atoms with E-state index < -0.39 is 6.04 Å². The summed E-state index contributed by atoms with van der Waals surface area (Å²) in [7, 11) is 0. The number of unbranched alkanes of at least 4 members (excludes halogenated alkanes) is 1. The van der Waals surface area contributed by atoms with E-state index in [1.54, 1.807) is 16.7 Å². The van der Waals surface area contributed by atoms with Crippen molar-refractivity contribution in [1.82, 2.24) is 10.2 Å². The molecule has 0 saturated heterocycles. The van der Waals surface area contributed by atoms with Gasteiger partial charge in [0.2, 0.25) is 11.8 Å². The second-order valence-electron chi connectivity index (χ2n) is 7.12. The maximum Gasteiger partial charge on any atom is 0.242 e. The topological polar surface area (TPSA) is 49.4 Å². The average Bonchev–Trinajstić information content (AvgIpc) is 2.76. The number of nitrogens with zero attached hydrogens (tertiary/aromatic N) is 1. The quantitative estimate of drug-likeness (QED) is 0.517. The van der Waals surface area contributed by atoms with E-state index in [-0.39, 0.29) is 11.8 Å². The maximum atomic E-state index is 13.0. The largest absolute Gasteiger partial charge is 0.354 e. The molecule has 0 saturated carbocycles. The zero-order valence-electron chi connectivity index (χ0n) is 17.5. The van der Waals surface area contributed by atoms with Crippen LogP contribution in [0.25, 0.3) is 0 Å². The normalized spacial score (nSPS) is 11.7. The molecule has 0 bridgehead atoms. The highest BCUT2D eigenvalue weighted by Crippen LogP contribution is 2.16. The number of hydrogen-bond acceptors (Lipinski definition) is 3. The van der Waals surface area contributed by atoms with Crippen LogP contribution < -0.4 is 5.32 Å². The Kier molecular flexibility index (Phi) is 10.4. The van der Waals surface area contributed by atoms with Crippen molar-refractivity contribution in [3.8, 4) is 0 Å². The summed E-state index contributed by atoms with van der Waals surface area (Å²) in [5.41, 5.74) is 2.29. The minimum atomic E-state index is -0.487. The minimum Gasteiger partial charge on any atom is -0.354 e. The predicted octanol–water partition coefficient (Wildman–Crippen LogP) is 4.64. The molecular weight excluding hydrogens is 380 g/mol. The number of rotatable bonds is 12. The fourth-order valence-corrected chi connectivity index (χ4v) is 3.86. The number of carbonyl (C=O) groups excluding carboxylic acids is 2. The molecule has 2 aromatic rings. The van der Waals surface area contributed by atoms with E-state index in [4.69, 9.17) is 0 Å². The first kappa shape index (κ1) is 23.0. The molecule has 0 heterocycles. The van der Waals surface area contributed by atoms with Crippen LogP contribution in [0.1, 0.15) is 44.2 Å². The van der Waals surface area contributed by atoms with Crippen LogP contribution in [0, 0.1) is 0 Å². The zero-order chi connectivity index (χ0) is 20.9. The monoisotopic (exact) mass is 412 g/mol. The van der Waals surface area contributed by atoms with Crippen molar-refractivity contribution in [2.75, 3.05) is 12.3 Å². The highest BCUT2D eigenvalue weighted by molar-refractivity contribution is 7.98. The summed E-state index contributed by atoms with van der Waals surface area (Å²) in [6, 6.07) is 19.6. The number of nitrogens with one attached hydrogen (secondary N) is 1. The number of carbonyl (C=O) groups is 2. The molecule has 0 radical (unpaired) electrons. The van der Waals surface area contributed by atoms with Crippen LogP contribution in [-0.2, 0) is 21.9 Å². The van der Waals surface area contributed by atoms with Gasteiger partial charge in [0.25, 0.3) is 0 Å². The number of thioether (sulfide) groups is 1. The Balaban J connectivity index is 1.93. The third-order valence-corrected chi connectivity index (χ3v) is 5.79. The van der Waals surface area contributed by atoms with Gasteiger partial charge in [-0.05, 0) is 24.5 Å². The molecule has 156 valence electrons. The molecule has 4 nitrogen and oxygen atoms in total. The number of amides is 2. The molecule has 0 aliphatic rings. The van der Waals surface area contributed by atoms with Gasteiger partial charge >= 0.3 is 0 Å². The zero-order valence-corrected chi connectivity index (χ0v) is 18.3. The second-order valence-corrected chi connectivity index (χ2v) is 8.22. The van der Waals surface area contributed by atoms with E-state index >= 15 is 0 Å². The van der Waals surface area contributed by atoms with E-state index in [1.165, 1.54) is 5.56 Å². The van der Waals surface area contributed by atoms with Gasteiger partial charge in [-0.3, -0.25) is 9.59 Å². The van der Waals surface area contributed by atoms with E-state index in [0.717, 1.165) is 29.9 Å². The summed E-state index contributed by atoms with van der Waals surface area (Å²) in [5.74, 6) is 1.57. The smallest absolute Gasteiger partial charge is 0.242 e. The SMILES string of the molecule is CCCCNC(=O)[C@@H](C)N(Cc1ccccc1)C(=O)CCSCc1ccccc1. The lowest BCUT2D eigenvalue weighted by Crippen LogP contribution is -2.47. The van der Waals surface area contributed by atoms with E-state index in [2.05, 4.69) is 24.4 Å². The van der Waals surface area contributed by atoms with Crippen molar-refractivity contribution in [3.05, 3.63) is 71.8 Å². The van der Waals surface area contributed by atoms with Gasteiger partial charge in [-0.25, -0.2) is 0 Å². The molecule has 0 fully saturated rings. The van der Waals surface area contributed by atoms with Gasteiger partial charge in [-0.15, -0.1) is 0 Å². The molecular formula is C24H32N2O2S. The first-order valence-corrected chi connectivity index (χ1v) is 11.5. The van der Waals surface area contributed by atoms with Crippen LogP contribution in [0.2, 0.25) is 0 Å². The molecule has 0 unspecified atom stereocenters. The molecule has 0 aromatic heterocycles. The second kappa shape index (κ2) is 13.0. The molecule has 0 spiro atoms. The molecule has 29 heavy (non-hydrogen) atoms. The average molecular weight is 413 g/mol. The summed E-state index contributed by atoms with van der Waals surface area (Å²) in [6.45, 7) is 5.01. The number of hydrogen-bond donors (Lipinski definition) is 1. The first-order valence-electron chi connectivity index (χ1n) is 10.3. The Bertz CT molecular complexity index is 737. The van der Waals surface area contributed by atoms with Gasteiger partial charge in [0.05, 0.1) is 0 Å². The van der Waals surface area contributed by atoms with Crippen molar-refractivity contribution < 1.29 is 9.59 Å². The summed E-state index contributed by atoms with van der Waals surface area (Å²) in [6.07, 6.45) is 2.40. The highest BCUT2D eigenvalue weighted by Gasteiger charge is 2.25. The molecule has 5 heteroatoms. The molecule has 2 aromatic carbocycles. The Morgan fingerprint density at radius 2 is 1.62 bits per heavy atom. The fraction of sp³-hybridized carbons (Fsp3) is 0.417. The minimum absolute atomic E-state index is 0.0209. The summed E-state index contributed by atoms with van der Waals surface area (Å²) < 4.78 is 0. The van der Waals surface area contributed by atoms with Crippen LogP contribution >= 0.6 is 11.8 Å². The molecule has 0 aliphatic heterocycles. The summed E-state index contributed by atoms with van der Waals surface area (Å²) in [4.78, 5) is 27.2. The van der Waals surface area contributed by atoms with Gasteiger partial charge in [0.15, 0.2) is 0 Å². The lowest BCUT2D eigenvalue weighted by Gasteiger charge is -2.29. The van der Waals surface area contributed by atoms with Gasteiger partial charge in [-0.1, -0.05) is 74.0 Å². The Morgan fingerprint density at radius 1 is 1.00 bits per heavy atom. The molecule has 0 aliphatic carbocycles. The lowest BCUT2D eigenvalue weighted by atomic mass is 10.1. The van der Waals surface area contributed by atoms with E-state index in [9.17, 15) is 9.59 Å². The van der Waals surface area contributed by atoms with Crippen LogP contribution in [0.3, 0.4) is 0 Å². The van der Waals surface area contributed by atoms with Crippen LogP contribution in [0.15, 0.2) is 60.7 Å². The van der Waals surface area contributed by atoms with Gasteiger partial charge < -0.3 is 10.2 Å². The highest BCUT2D eigenvalue weighted by atomic mass is 32.2. The van der Waals surface area contributed by atoms with Crippen molar-refractivity contribution in [2.24, 2.45) is 0 Å². The standard InChI is InChI=1S/C24H32N2O2S/c1-3-4-16-25-24(28)20(2)26(18-21-11-7-5-8-12-21)23(27)15-17-29-19-22-13-9-6-10-14-22/h5-14,20H,3-4,15-19H2,1-2H3,(H,25,28)/t20-/m1/s1. The van der Waals surface area contributed by atoms with Crippen molar-refractivity contribution in [1.29, 1.82) is 0 Å². The first-order chi connectivity index (χ1) is 14.1. The molecule has 1 atom stereocenters. The Morgan fingerprint density at radius 3 is 2.24 bits per heavy atom. The van der Waals surface area contributed by atoms with Gasteiger partial charge in [0, 0.05) is 31.0 Å². The maximum absolute atomic E-state index is 13.0. The molecule has 2 rings (SSSR count). The molecule has 2 amide bonds. The van der Waals surface area contributed by atoms with E-state index in [0.29, 0.717) is 19.5 Å². The number of benzene rings is 2. The van der Waals surface area contributed by atoms with Crippen LogP contribution in [0.4, 0.5) is 0 Å². The van der Waals surface area contributed by atoms with Crippen molar-refractivity contribution in [3.63, 3.8) is 0 Å². The van der Waals surface area contributed by atoms with Crippen molar-refractivity contribution in [2.45, 2.75) is 51.4 Å². The van der Waals surface area contributed by atoms with Crippen molar-refractivity contribution >= 4 is 23.6 Å². The van der Waals surface area contributed by atoms with Gasteiger partial charge in [-0.2, -0.15) is 11.8 Å². The Hall–Kier alpha value is -2.27.